The van der Waals surface area contributed by atoms with Gasteiger partial charge in [-0.2, -0.15) is 18.4 Å². The third-order valence-electron chi connectivity index (χ3n) is 1.62. The highest BCUT2D eigenvalue weighted by Crippen LogP contribution is 2.31. The SMILES string of the molecule is N#CC(F)c1cccc(C(F)(F)F)c1. The lowest BCUT2D eigenvalue weighted by Gasteiger charge is -2.07. The Morgan fingerprint density at radius 3 is 2.43 bits per heavy atom. The van der Waals surface area contributed by atoms with Crippen molar-refractivity contribution in [1.82, 2.24) is 0 Å². The van der Waals surface area contributed by atoms with Gasteiger partial charge in [0.15, 0.2) is 0 Å². The average Bonchev–Trinajstić information content (AvgIpc) is 2.15. The fourth-order valence-electron chi connectivity index (χ4n) is 0.947. The van der Waals surface area contributed by atoms with Crippen LogP contribution in [0.3, 0.4) is 0 Å². The summed E-state index contributed by atoms with van der Waals surface area (Å²) in [5, 5.41) is 8.18. The van der Waals surface area contributed by atoms with E-state index in [1.54, 1.807) is 0 Å². The molecule has 1 unspecified atom stereocenters. The number of alkyl halides is 4. The number of nitriles is 1. The first-order valence-electron chi connectivity index (χ1n) is 3.66. The molecule has 0 saturated heterocycles. The van der Waals surface area contributed by atoms with E-state index >= 15 is 0 Å². The maximum absolute atomic E-state index is 12.7. The molecule has 0 spiro atoms. The molecule has 0 saturated carbocycles. The van der Waals surface area contributed by atoms with E-state index in [1.165, 1.54) is 6.07 Å². The number of nitrogens with zero attached hydrogens (tertiary/aromatic N) is 1. The van der Waals surface area contributed by atoms with E-state index in [2.05, 4.69) is 0 Å². The topological polar surface area (TPSA) is 23.8 Å². The second-order valence-corrected chi connectivity index (χ2v) is 2.61. The van der Waals surface area contributed by atoms with Crippen molar-refractivity contribution in [1.29, 1.82) is 5.26 Å². The first kappa shape index (κ1) is 10.5. The molecule has 0 radical (unpaired) electrons. The van der Waals surface area contributed by atoms with Crippen molar-refractivity contribution in [2.45, 2.75) is 12.3 Å². The summed E-state index contributed by atoms with van der Waals surface area (Å²) >= 11 is 0. The van der Waals surface area contributed by atoms with Crippen LogP contribution in [0.5, 0.6) is 0 Å². The fourth-order valence-corrected chi connectivity index (χ4v) is 0.947. The van der Waals surface area contributed by atoms with Crippen LogP contribution in [-0.2, 0) is 6.18 Å². The van der Waals surface area contributed by atoms with E-state index in [9.17, 15) is 17.6 Å². The average molecular weight is 203 g/mol. The van der Waals surface area contributed by atoms with Crippen molar-refractivity contribution < 1.29 is 17.6 Å². The predicted molar refractivity (Wildman–Crippen MR) is 40.9 cm³/mol. The third kappa shape index (κ3) is 2.22. The first-order chi connectivity index (χ1) is 6.45. The maximum atomic E-state index is 12.7. The highest BCUT2D eigenvalue weighted by Gasteiger charge is 2.30. The summed E-state index contributed by atoms with van der Waals surface area (Å²) in [5.41, 5.74) is -1.23. The Kier molecular flexibility index (Phi) is 2.75. The maximum Gasteiger partial charge on any atom is 0.416 e. The molecule has 1 aromatic carbocycles. The minimum absolute atomic E-state index is 0.276. The van der Waals surface area contributed by atoms with E-state index in [1.807, 2.05) is 0 Å². The second-order valence-electron chi connectivity index (χ2n) is 2.61. The highest BCUT2D eigenvalue weighted by molar-refractivity contribution is 5.29. The van der Waals surface area contributed by atoms with E-state index in [0.717, 1.165) is 18.2 Å². The lowest BCUT2D eigenvalue weighted by atomic mass is 10.1. The molecule has 5 heteroatoms. The lowest BCUT2D eigenvalue weighted by molar-refractivity contribution is -0.137. The molecule has 0 aliphatic carbocycles. The highest BCUT2D eigenvalue weighted by atomic mass is 19.4. The van der Waals surface area contributed by atoms with Gasteiger partial charge < -0.3 is 0 Å². The van der Waals surface area contributed by atoms with Gasteiger partial charge in [-0.25, -0.2) is 4.39 Å². The smallest absolute Gasteiger partial charge is 0.226 e. The summed E-state index contributed by atoms with van der Waals surface area (Å²) in [6, 6.07) is 4.90. The van der Waals surface area contributed by atoms with Crippen LogP contribution < -0.4 is 0 Å². The molecule has 1 atom stereocenters. The number of benzene rings is 1. The van der Waals surface area contributed by atoms with Gasteiger partial charge in [-0.3, -0.25) is 0 Å². The minimum atomic E-state index is -4.51. The van der Waals surface area contributed by atoms with Gasteiger partial charge in [0, 0.05) is 5.56 Å². The summed E-state index contributed by atoms with van der Waals surface area (Å²) in [5.74, 6) is 0. The molecule has 14 heavy (non-hydrogen) atoms. The molecule has 0 bridgehead atoms. The van der Waals surface area contributed by atoms with Crippen LogP contribution >= 0.6 is 0 Å². The van der Waals surface area contributed by atoms with Gasteiger partial charge in [-0.05, 0) is 12.1 Å². The Morgan fingerprint density at radius 1 is 1.29 bits per heavy atom. The van der Waals surface area contributed by atoms with Gasteiger partial charge in [0.1, 0.15) is 6.07 Å². The van der Waals surface area contributed by atoms with Crippen LogP contribution in [0, 0.1) is 11.3 Å². The van der Waals surface area contributed by atoms with Crippen LogP contribution in [0.2, 0.25) is 0 Å². The standard InChI is InChI=1S/C9H5F4N/c10-8(5-14)6-2-1-3-7(4-6)9(11,12)13/h1-4,8H. The van der Waals surface area contributed by atoms with E-state index in [-0.39, 0.29) is 5.56 Å². The van der Waals surface area contributed by atoms with Gasteiger partial charge >= 0.3 is 6.18 Å². The lowest BCUT2D eigenvalue weighted by Crippen LogP contribution is -2.05. The van der Waals surface area contributed by atoms with Gasteiger partial charge in [0.05, 0.1) is 5.56 Å². The molecule has 0 aliphatic heterocycles. The normalized spacial score (nSPS) is 13.4. The second kappa shape index (κ2) is 3.66. The van der Waals surface area contributed by atoms with Crippen molar-refractivity contribution in [3.63, 3.8) is 0 Å². The summed E-state index contributed by atoms with van der Waals surface area (Å²) in [6.07, 6.45) is -6.53. The van der Waals surface area contributed by atoms with Crippen LogP contribution in [0.15, 0.2) is 24.3 Å². The molecule has 1 nitrogen and oxygen atoms in total. The number of hydrogen-bond donors (Lipinski definition) is 0. The summed E-state index contributed by atoms with van der Waals surface area (Å²) in [7, 11) is 0. The molecule has 1 aromatic rings. The van der Waals surface area contributed by atoms with E-state index in [0.29, 0.717) is 6.07 Å². The van der Waals surface area contributed by atoms with Crippen LogP contribution in [-0.4, -0.2) is 0 Å². The molecule has 0 heterocycles. The Balaban J connectivity index is 3.09. The monoisotopic (exact) mass is 203 g/mol. The van der Waals surface area contributed by atoms with Crippen molar-refractivity contribution >= 4 is 0 Å². The molecule has 0 aromatic heterocycles. The molecule has 0 fully saturated rings. The molecule has 1 rings (SSSR count). The number of rotatable bonds is 1. The molecule has 0 N–H and O–H groups in total. The molecular formula is C9H5F4N. The van der Waals surface area contributed by atoms with Crippen LogP contribution in [0.1, 0.15) is 17.3 Å². The molecular weight excluding hydrogens is 198 g/mol. The van der Waals surface area contributed by atoms with E-state index in [4.69, 9.17) is 5.26 Å². The Bertz CT molecular complexity index is 364. The first-order valence-corrected chi connectivity index (χ1v) is 3.66. The van der Waals surface area contributed by atoms with Gasteiger partial charge in [0.25, 0.3) is 0 Å². The summed E-state index contributed by atoms with van der Waals surface area (Å²) < 4.78 is 49.1. The summed E-state index contributed by atoms with van der Waals surface area (Å²) in [6.45, 7) is 0. The van der Waals surface area contributed by atoms with Gasteiger partial charge in [-0.1, -0.05) is 12.1 Å². The molecule has 0 aliphatic rings. The fraction of sp³-hybridized carbons (Fsp3) is 0.222. The molecule has 0 amide bonds. The zero-order chi connectivity index (χ0) is 10.8. The number of halogens is 4. The van der Waals surface area contributed by atoms with E-state index < -0.39 is 17.9 Å². The van der Waals surface area contributed by atoms with Crippen molar-refractivity contribution in [3.05, 3.63) is 35.4 Å². The molecule has 74 valence electrons. The minimum Gasteiger partial charge on any atom is -0.226 e. The van der Waals surface area contributed by atoms with Crippen LogP contribution in [0.25, 0.3) is 0 Å². The predicted octanol–water partition coefficient (Wildman–Crippen LogP) is 3.24. The van der Waals surface area contributed by atoms with Crippen molar-refractivity contribution in [2.75, 3.05) is 0 Å². The van der Waals surface area contributed by atoms with Gasteiger partial charge in [-0.15, -0.1) is 0 Å². The van der Waals surface area contributed by atoms with Gasteiger partial charge in [0.2, 0.25) is 6.17 Å². The third-order valence-corrected chi connectivity index (χ3v) is 1.62. The van der Waals surface area contributed by atoms with Crippen LogP contribution in [0.4, 0.5) is 17.6 Å². The Morgan fingerprint density at radius 2 is 1.93 bits per heavy atom. The van der Waals surface area contributed by atoms with Crippen molar-refractivity contribution in [3.8, 4) is 6.07 Å². The number of hydrogen-bond acceptors (Lipinski definition) is 1. The summed E-state index contributed by atoms with van der Waals surface area (Å²) in [4.78, 5) is 0. The Hall–Kier alpha value is -1.57. The Labute approximate surface area is 77.6 Å². The zero-order valence-corrected chi connectivity index (χ0v) is 6.85. The van der Waals surface area contributed by atoms with Crippen molar-refractivity contribution in [2.24, 2.45) is 0 Å². The largest absolute Gasteiger partial charge is 0.416 e. The quantitative estimate of drug-likeness (QED) is 0.642. The zero-order valence-electron chi connectivity index (χ0n) is 6.85.